The van der Waals surface area contributed by atoms with Crippen LogP contribution in [0.5, 0.6) is 0 Å². The van der Waals surface area contributed by atoms with Crippen LogP contribution in [0.1, 0.15) is 40.0 Å². The summed E-state index contributed by atoms with van der Waals surface area (Å²) in [5, 5.41) is 0. The minimum Gasteiger partial charge on any atom is -0.463 e. The van der Waals surface area contributed by atoms with Gasteiger partial charge in [-0.2, -0.15) is 0 Å². The number of carbonyl (C=O) groups is 1. The lowest BCUT2D eigenvalue weighted by atomic mass is 9.97. The van der Waals surface area contributed by atoms with E-state index in [1.165, 1.54) is 6.42 Å². The van der Waals surface area contributed by atoms with Gasteiger partial charge in [0.1, 0.15) is 0 Å². The maximum absolute atomic E-state index is 11.6. The number of esters is 1. The van der Waals surface area contributed by atoms with Gasteiger partial charge in [0.05, 0.1) is 12.0 Å². The molecular weight excluding hydrogens is 190 g/mol. The smallest absolute Gasteiger partial charge is 0.309 e. The quantitative estimate of drug-likeness (QED) is 0.669. The van der Waals surface area contributed by atoms with Crippen molar-refractivity contribution in [3.63, 3.8) is 0 Å². The van der Waals surface area contributed by atoms with Crippen LogP contribution in [0.2, 0.25) is 0 Å². The summed E-state index contributed by atoms with van der Waals surface area (Å²) in [5.74, 6) is 0.140. The molecule has 0 aromatic carbocycles. The van der Waals surface area contributed by atoms with E-state index in [0.717, 1.165) is 32.5 Å². The maximum Gasteiger partial charge on any atom is 0.309 e. The van der Waals surface area contributed by atoms with Crippen molar-refractivity contribution < 1.29 is 9.53 Å². The van der Waals surface area contributed by atoms with Crippen molar-refractivity contribution >= 4 is 5.97 Å². The summed E-state index contributed by atoms with van der Waals surface area (Å²) >= 11 is 0. The Kier molecular flexibility index (Phi) is 5.09. The molecule has 0 bridgehead atoms. The highest BCUT2D eigenvalue weighted by atomic mass is 16.5. The van der Waals surface area contributed by atoms with Crippen molar-refractivity contribution in [3.05, 3.63) is 0 Å². The van der Waals surface area contributed by atoms with Crippen molar-refractivity contribution in [2.75, 3.05) is 19.6 Å². The summed E-state index contributed by atoms with van der Waals surface area (Å²) in [4.78, 5) is 14.1. The van der Waals surface area contributed by atoms with Gasteiger partial charge in [-0.1, -0.05) is 6.92 Å². The van der Waals surface area contributed by atoms with E-state index >= 15 is 0 Å². The first-order valence-electron chi connectivity index (χ1n) is 6.06. The summed E-state index contributed by atoms with van der Waals surface area (Å²) in [6.07, 6.45) is 3.14. The van der Waals surface area contributed by atoms with Gasteiger partial charge in [0, 0.05) is 0 Å². The fourth-order valence-electron chi connectivity index (χ4n) is 2.04. The van der Waals surface area contributed by atoms with E-state index in [9.17, 15) is 4.79 Å². The van der Waals surface area contributed by atoms with Gasteiger partial charge >= 0.3 is 5.97 Å². The summed E-state index contributed by atoms with van der Waals surface area (Å²) < 4.78 is 5.23. The molecule has 1 aliphatic heterocycles. The number of likely N-dealkylation sites (tertiary alicyclic amines) is 1. The van der Waals surface area contributed by atoms with Gasteiger partial charge in [-0.25, -0.2) is 0 Å². The van der Waals surface area contributed by atoms with Crippen molar-refractivity contribution in [1.29, 1.82) is 0 Å². The molecule has 1 rings (SSSR count). The SMILES string of the molecule is CCCN1CCC(C(=O)OC(C)C)CC1. The van der Waals surface area contributed by atoms with Gasteiger partial charge in [-0.15, -0.1) is 0 Å². The molecule has 15 heavy (non-hydrogen) atoms. The molecule has 0 atom stereocenters. The van der Waals surface area contributed by atoms with E-state index in [0.29, 0.717) is 0 Å². The van der Waals surface area contributed by atoms with Crippen LogP contribution in [-0.2, 0) is 9.53 Å². The Labute approximate surface area is 92.8 Å². The zero-order valence-corrected chi connectivity index (χ0v) is 10.2. The molecule has 0 N–H and O–H groups in total. The predicted molar refractivity (Wildman–Crippen MR) is 60.7 cm³/mol. The molecule has 3 nitrogen and oxygen atoms in total. The number of nitrogens with zero attached hydrogens (tertiary/aromatic N) is 1. The van der Waals surface area contributed by atoms with Crippen molar-refractivity contribution in [3.8, 4) is 0 Å². The summed E-state index contributed by atoms with van der Waals surface area (Å²) in [6, 6.07) is 0. The first kappa shape index (κ1) is 12.5. The third-order valence-electron chi connectivity index (χ3n) is 2.81. The zero-order chi connectivity index (χ0) is 11.3. The molecule has 0 saturated carbocycles. The van der Waals surface area contributed by atoms with Gasteiger partial charge in [0.15, 0.2) is 0 Å². The van der Waals surface area contributed by atoms with Gasteiger partial charge in [0.25, 0.3) is 0 Å². The second kappa shape index (κ2) is 6.11. The summed E-state index contributed by atoms with van der Waals surface area (Å²) in [7, 11) is 0. The molecule has 1 saturated heterocycles. The van der Waals surface area contributed by atoms with E-state index in [1.807, 2.05) is 13.8 Å². The molecule has 0 amide bonds. The van der Waals surface area contributed by atoms with Crippen LogP contribution in [0.3, 0.4) is 0 Å². The van der Waals surface area contributed by atoms with Gasteiger partial charge in [0.2, 0.25) is 0 Å². The van der Waals surface area contributed by atoms with Crippen LogP contribution >= 0.6 is 0 Å². The number of piperidine rings is 1. The Morgan fingerprint density at radius 2 is 2.00 bits per heavy atom. The third kappa shape index (κ3) is 4.20. The lowest BCUT2D eigenvalue weighted by Crippen LogP contribution is -2.37. The van der Waals surface area contributed by atoms with Crippen molar-refractivity contribution in [2.45, 2.75) is 46.1 Å². The molecular formula is C12H23NO2. The molecule has 0 spiro atoms. The number of hydrogen-bond acceptors (Lipinski definition) is 3. The Morgan fingerprint density at radius 3 is 2.47 bits per heavy atom. The van der Waals surface area contributed by atoms with Gasteiger partial charge < -0.3 is 9.64 Å². The van der Waals surface area contributed by atoms with E-state index in [1.54, 1.807) is 0 Å². The average molecular weight is 213 g/mol. The lowest BCUT2D eigenvalue weighted by Gasteiger charge is -2.30. The highest BCUT2D eigenvalue weighted by molar-refractivity contribution is 5.72. The van der Waals surface area contributed by atoms with Crippen LogP contribution in [0.4, 0.5) is 0 Å². The Bertz CT molecular complexity index is 196. The first-order chi connectivity index (χ1) is 7.13. The van der Waals surface area contributed by atoms with Crippen molar-refractivity contribution in [2.24, 2.45) is 5.92 Å². The van der Waals surface area contributed by atoms with E-state index in [-0.39, 0.29) is 18.0 Å². The second-order valence-electron chi connectivity index (χ2n) is 4.60. The summed E-state index contributed by atoms with van der Waals surface area (Å²) in [5.41, 5.74) is 0. The highest BCUT2D eigenvalue weighted by Crippen LogP contribution is 2.19. The van der Waals surface area contributed by atoms with Crippen molar-refractivity contribution in [1.82, 2.24) is 4.90 Å². The van der Waals surface area contributed by atoms with E-state index in [4.69, 9.17) is 4.74 Å². The standard InChI is InChI=1S/C12H23NO2/c1-4-7-13-8-5-11(6-9-13)12(14)15-10(2)3/h10-11H,4-9H2,1-3H3. The van der Waals surface area contributed by atoms with Crippen LogP contribution in [-0.4, -0.2) is 36.6 Å². The van der Waals surface area contributed by atoms with E-state index < -0.39 is 0 Å². The number of ether oxygens (including phenoxy) is 1. The number of hydrogen-bond donors (Lipinski definition) is 0. The molecule has 0 aromatic rings. The number of rotatable bonds is 4. The normalized spacial score (nSPS) is 19.5. The third-order valence-corrected chi connectivity index (χ3v) is 2.81. The molecule has 88 valence electrons. The molecule has 1 aliphatic rings. The zero-order valence-electron chi connectivity index (χ0n) is 10.2. The Hall–Kier alpha value is -0.570. The van der Waals surface area contributed by atoms with E-state index in [2.05, 4.69) is 11.8 Å². The van der Waals surface area contributed by atoms with Crippen LogP contribution in [0.15, 0.2) is 0 Å². The van der Waals surface area contributed by atoms with Gasteiger partial charge in [-0.05, 0) is 52.7 Å². The lowest BCUT2D eigenvalue weighted by molar-refractivity contribution is -0.154. The Balaban J connectivity index is 2.27. The number of carbonyl (C=O) groups excluding carboxylic acids is 1. The fourth-order valence-corrected chi connectivity index (χ4v) is 2.04. The minimum absolute atomic E-state index is 0.00106. The summed E-state index contributed by atoms with van der Waals surface area (Å²) in [6.45, 7) is 9.26. The van der Waals surface area contributed by atoms with Gasteiger partial charge in [-0.3, -0.25) is 4.79 Å². The molecule has 0 aliphatic carbocycles. The fraction of sp³-hybridized carbons (Fsp3) is 0.917. The Morgan fingerprint density at radius 1 is 1.40 bits per heavy atom. The minimum atomic E-state index is 0.00106. The molecule has 0 unspecified atom stereocenters. The second-order valence-corrected chi connectivity index (χ2v) is 4.60. The molecule has 3 heteroatoms. The molecule has 0 aromatic heterocycles. The molecule has 1 fully saturated rings. The maximum atomic E-state index is 11.6. The predicted octanol–water partition coefficient (Wildman–Crippen LogP) is 2.06. The van der Waals surface area contributed by atoms with Crippen LogP contribution in [0.25, 0.3) is 0 Å². The van der Waals surface area contributed by atoms with Crippen LogP contribution < -0.4 is 0 Å². The molecule has 0 radical (unpaired) electrons. The average Bonchev–Trinajstić information content (AvgIpc) is 2.18. The topological polar surface area (TPSA) is 29.5 Å². The monoisotopic (exact) mass is 213 g/mol. The van der Waals surface area contributed by atoms with Crippen LogP contribution in [0, 0.1) is 5.92 Å². The first-order valence-corrected chi connectivity index (χ1v) is 6.06. The highest BCUT2D eigenvalue weighted by Gasteiger charge is 2.26. The largest absolute Gasteiger partial charge is 0.463 e. The molecule has 1 heterocycles.